The van der Waals surface area contributed by atoms with Gasteiger partial charge in [-0.15, -0.1) is 0 Å². The Labute approximate surface area is 213 Å². The molecule has 7 nitrogen and oxygen atoms in total. The van der Waals surface area contributed by atoms with Gasteiger partial charge in [-0.2, -0.15) is 0 Å². The lowest BCUT2D eigenvalue weighted by atomic mass is 10.0. The van der Waals surface area contributed by atoms with Crippen LogP contribution < -0.4 is 11.3 Å². The molecule has 192 valence electrons. The van der Waals surface area contributed by atoms with Crippen LogP contribution in [0.2, 0.25) is 5.02 Å². The van der Waals surface area contributed by atoms with Gasteiger partial charge in [-0.25, -0.2) is 13.8 Å². The maximum Gasteiger partial charge on any atom is 0.277 e. The molecular weight excluding hydrogens is 488 g/mol. The molecule has 0 amide bonds. The fraction of sp³-hybridized carbons (Fsp3) is 0.385. The van der Waals surface area contributed by atoms with Gasteiger partial charge < -0.3 is 10.5 Å². The molecular formula is C26H30ClF2N5O2. The van der Waals surface area contributed by atoms with E-state index < -0.39 is 17.2 Å². The molecule has 36 heavy (non-hydrogen) atoms. The fourth-order valence-electron chi connectivity index (χ4n) is 3.58. The van der Waals surface area contributed by atoms with Crippen LogP contribution in [0.15, 0.2) is 52.2 Å². The molecule has 1 aliphatic rings. The third-order valence-corrected chi connectivity index (χ3v) is 6.29. The quantitative estimate of drug-likeness (QED) is 0.465. The third kappa shape index (κ3) is 6.53. The number of hydrogen-bond acceptors (Lipinski definition) is 6. The number of halogens is 3. The molecule has 3 aromatic rings. The minimum absolute atomic E-state index is 0.00997. The van der Waals surface area contributed by atoms with Crippen molar-refractivity contribution >= 4 is 23.5 Å². The second-order valence-electron chi connectivity index (χ2n) is 8.47. The van der Waals surface area contributed by atoms with Crippen molar-refractivity contribution in [2.75, 3.05) is 6.61 Å². The van der Waals surface area contributed by atoms with Crippen LogP contribution in [0, 0.1) is 18.6 Å². The number of nitrogens with zero attached hydrogens (tertiary/aromatic N) is 4. The first-order valence-electron chi connectivity index (χ1n) is 11.8. The average Bonchev–Trinajstić information content (AvgIpc) is 2.88. The number of ether oxygens (including phenoxy) is 1. The van der Waals surface area contributed by atoms with Crippen molar-refractivity contribution in [2.24, 2.45) is 10.7 Å². The summed E-state index contributed by atoms with van der Waals surface area (Å²) >= 11 is 5.87. The summed E-state index contributed by atoms with van der Waals surface area (Å²) in [6, 6.07) is 3.48. The molecule has 0 saturated carbocycles. The largest absolute Gasteiger partial charge is 0.404 e. The predicted molar refractivity (Wildman–Crippen MR) is 138 cm³/mol. The van der Waals surface area contributed by atoms with Crippen LogP contribution in [0.5, 0.6) is 0 Å². The number of nitrogens with two attached hydrogens (primary N) is 1. The molecule has 0 spiro atoms. The number of hydrogen-bond donors (Lipinski definition) is 1. The molecule has 1 aliphatic heterocycles. The van der Waals surface area contributed by atoms with Gasteiger partial charge >= 0.3 is 0 Å². The lowest BCUT2D eigenvalue weighted by Crippen LogP contribution is -2.23. The number of aromatic nitrogens is 3. The molecule has 2 aromatic heterocycles. The smallest absolute Gasteiger partial charge is 0.277 e. The van der Waals surface area contributed by atoms with E-state index in [1.54, 1.807) is 13.1 Å². The monoisotopic (exact) mass is 517 g/mol. The minimum atomic E-state index is -0.780. The third-order valence-electron chi connectivity index (χ3n) is 5.86. The number of aliphatic imine (C=N–C) groups is 1. The van der Waals surface area contributed by atoms with Crippen molar-refractivity contribution in [1.82, 2.24) is 14.4 Å². The second kappa shape index (κ2) is 12.7. The predicted octanol–water partition coefficient (Wildman–Crippen LogP) is 5.26. The lowest BCUT2D eigenvalue weighted by molar-refractivity contribution is 0.0429. The zero-order valence-corrected chi connectivity index (χ0v) is 21.3. The van der Waals surface area contributed by atoms with Crippen molar-refractivity contribution in [2.45, 2.75) is 58.6 Å². The minimum Gasteiger partial charge on any atom is -0.404 e. The van der Waals surface area contributed by atoms with E-state index in [9.17, 15) is 13.6 Å². The zero-order chi connectivity index (χ0) is 26.2. The van der Waals surface area contributed by atoms with Crippen LogP contribution >= 0.6 is 11.6 Å². The lowest BCUT2D eigenvalue weighted by Gasteiger charge is -2.23. The Kier molecular flexibility index (Phi) is 9.66. The highest BCUT2D eigenvalue weighted by Gasteiger charge is 2.17. The molecule has 1 saturated heterocycles. The normalized spacial score (nSPS) is 17.2. The van der Waals surface area contributed by atoms with Gasteiger partial charge in [0.05, 0.1) is 11.8 Å². The molecule has 3 heterocycles. The van der Waals surface area contributed by atoms with Crippen LogP contribution in [0.3, 0.4) is 0 Å². The van der Waals surface area contributed by atoms with Crippen molar-refractivity contribution < 1.29 is 13.5 Å². The van der Waals surface area contributed by atoms with Gasteiger partial charge in [-0.1, -0.05) is 18.5 Å². The average molecular weight is 518 g/mol. The van der Waals surface area contributed by atoms with Crippen LogP contribution in [0.25, 0.3) is 16.9 Å². The summed E-state index contributed by atoms with van der Waals surface area (Å²) in [4.78, 5) is 24.8. The van der Waals surface area contributed by atoms with Gasteiger partial charge in [0.2, 0.25) is 0 Å². The Morgan fingerprint density at radius 1 is 1.39 bits per heavy atom. The highest BCUT2D eigenvalue weighted by Crippen LogP contribution is 2.25. The summed E-state index contributed by atoms with van der Waals surface area (Å²) in [6.07, 6.45) is 10.9. The topological polar surface area (TPSA) is 94.9 Å². The van der Waals surface area contributed by atoms with Gasteiger partial charge in [-0.3, -0.25) is 19.2 Å². The van der Waals surface area contributed by atoms with E-state index in [0.717, 1.165) is 43.6 Å². The Bertz CT molecular complexity index is 1320. The molecule has 0 bridgehead atoms. The van der Waals surface area contributed by atoms with Crippen LogP contribution in [0.1, 0.15) is 45.2 Å². The zero-order valence-electron chi connectivity index (χ0n) is 20.5. The van der Waals surface area contributed by atoms with E-state index >= 15 is 0 Å². The molecule has 1 fully saturated rings. The van der Waals surface area contributed by atoms with E-state index in [1.165, 1.54) is 29.3 Å². The van der Waals surface area contributed by atoms with Crippen molar-refractivity contribution in [3.63, 3.8) is 0 Å². The van der Waals surface area contributed by atoms with E-state index in [-0.39, 0.29) is 28.0 Å². The fourth-order valence-corrected chi connectivity index (χ4v) is 3.72. The highest BCUT2D eigenvalue weighted by atomic mass is 35.5. The second-order valence-corrected chi connectivity index (χ2v) is 8.85. The summed E-state index contributed by atoms with van der Waals surface area (Å²) in [6.45, 7) is 6.65. The molecule has 1 aromatic carbocycles. The van der Waals surface area contributed by atoms with Crippen molar-refractivity contribution in [3.8, 4) is 11.3 Å². The SMILES string of the molecule is CCC(C)N=C/C(=C\N)[C@H]1CCCCO1.Cc1nc2c(-c3ccc(F)cc3F)nccn2c(=O)c1Cl. The molecule has 10 heteroatoms. The summed E-state index contributed by atoms with van der Waals surface area (Å²) < 4.78 is 33.8. The van der Waals surface area contributed by atoms with Crippen LogP contribution in [-0.2, 0) is 4.74 Å². The highest BCUT2D eigenvalue weighted by molar-refractivity contribution is 6.31. The Morgan fingerprint density at radius 3 is 2.81 bits per heavy atom. The van der Waals surface area contributed by atoms with Crippen LogP contribution in [0.4, 0.5) is 8.78 Å². The maximum absolute atomic E-state index is 13.9. The molecule has 4 rings (SSSR count). The number of benzene rings is 1. The summed E-state index contributed by atoms with van der Waals surface area (Å²) in [5.41, 5.74) is 6.84. The maximum atomic E-state index is 13.9. The standard InChI is InChI=1S/C14H8ClF2N3O.C12H22N2O/c1-7-11(15)14(21)20-5-4-18-12(13(20)19-7)9-3-2-8(16)6-10(9)17;1-3-10(2)14-9-11(8-13)12-6-4-5-7-15-12/h2-6H,1H3;8-10,12H,3-7,13H2,1-2H3/b;11-8+,14-9?/t;10?,12-/m.1/s1. The Hall–Kier alpha value is -3.17. The van der Waals surface area contributed by atoms with Crippen LogP contribution in [-0.4, -0.2) is 39.3 Å². The number of aryl methyl sites for hydroxylation is 1. The van der Waals surface area contributed by atoms with Gasteiger partial charge in [0, 0.05) is 54.7 Å². The summed E-state index contributed by atoms with van der Waals surface area (Å²) in [5, 5.41) is -0.00997. The van der Waals surface area contributed by atoms with E-state index in [2.05, 4.69) is 28.8 Å². The summed E-state index contributed by atoms with van der Waals surface area (Å²) in [7, 11) is 0. The molecule has 0 radical (unpaired) electrons. The summed E-state index contributed by atoms with van der Waals surface area (Å²) in [5.74, 6) is -1.47. The molecule has 2 N–H and O–H groups in total. The molecule has 1 unspecified atom stereocenters. The molecule has 2 atom stereocenters. The van der Waals surface area contributed by atoms with E-state index in [4.69, 9.17) is 22.1 Å². The van der Waals surface area contributed by atoms with Gasteiger partial charge in [0.25, 0.3) is 5.56 Å². The van der Waals surface area contributed by atoms with Gasteiger partial charge in [0.1, 0.15) is 22.4 Å². The Morgan fingerprint density at radius 2 is 2.17 bits per heavy atom. The van der Waals surface area contributed by atoms with E-state index in [0.29, 0.717) is 11.7 Å². The number of rotatable bonds is 5. The molecule has 0 aliphatic carbocycles. The van der Waals surface area contributed by atoms with Crippen molar-refractivity contribution in [1.29, 1.82) is 0 Å². The van der Waals surface area contributed by atoms with Crippen molar-refractivity contribution in [3.05, 3.63) is 75.1 Å². The first-order valence-corrected chi connectivity index (χ1v) is 12.2. The first kappa shape index (κ1) is 27.4. The first-order chi connectivity index (χ1) is 17.3. The van der Waals surface area contributed by atoms with E-state index in [1.807, 2.05) is 6.21 Å². The van der Waals surface area contributed by atoms with Gasteiger partial charge in [0.15, 0.2) is 5.65 Å². The van der Waals surface area contributed by atoms with Gasteiger partial charge in [-0.05, 0) is 51.7 Å². The Balaban J connectivity index is 0.000000214. The number of fused-ring (bicyclic) bond motifs is 1.